The Morgan fingerprint density at radius 3 is 2.71 bits per heavy atom. The van der Waals surface area contributed by atoms with Crippen molar-refractivity contribution < 1.29 is 8.78 Å². The number of rotatable bonds is 1. The molecule has 0 fully saturated rings. The monoisotopic (exact) mass is 259 g/mol. The molecule has 0 atom stereocenters. The predicted octanol–water partition coefficient (Wildman–Crippen LogP) is 4.04. The maximum atomic E-state index is 13.1. The van der Waals surface area contributed by atoms with E-state index in [0.29, 0.717) is 5.39 Å². The highest BCUT2D eigenvalue weighted by Crippen LogP contribution is 2.34. The fraction of sp³-hybridized carbons (Fsp3) is 0.200. The molecule has 2 rings (SSSR count). The summed E-state index contributed by atoms with van der Waals surface area (Å²) in [6, 6.07) is 5.28. The highest BCUT2D eigenvalue weighted by Gasteiger charge is 2.27. The van der Waals surface area contributed by atoms with Gasteiger partial charge in [-0.25, -0.2) is 8.78 Å². The number of aromatic amines is 1. The van der Waals surface area contributed by atoms with Gasteiger partial charge in [-0.3, -0.25) is 0 Å². The lowest BCUT2D eigenvalue weighted by Crippen LogP contribution is -2.05. The molecule has 0 saturated heterocycles. The van der Waals surface area contributed by atoms with Crippen LogP contribution in [0.1, 0.15) is 12.5 Å². The van der Waals surface area contributed by atoms with Crippen molar-refractivity contribution in [2.75, 3.05) is 0 Å². The van der Waals surface area contributed by atoms with Crippen LogP contribution in [0.25, 0.3) is 10.9 Å². The van der Waals surface area contributed by atoms with Crippen LogP contribution < -0.4 is 0 Å². The second kappa shape index (κ2) is 3.05. The predicted molar refractivity (Wildman–Crippen MR) is 55.6 cm³/mol. The van der Waals surface area contributed by atoms with Crippen LogP contribution in [0.5, 0.6) is 0 Å². The van der Waals surface area contributed by atoms with Crippen LogP contribution in [0, 0.1) is 0 Å². The first-order valence-electron chi connectivity index (χ1n) is 4.13. The van der Waals surface area contributed by atoms with Gasteiger partial charge in [0.1, 0.15) is 0 Å². The van der Waals surface area contributed by atoms with Gasteiger partial charge >= 0.3 is 0 Å². The van der Waals surface area contributed by atoms with Crippen molar-refractivity contribution in [2.24, 2.45) is 0 Å². The minimum absolute atomic E-state index is 0.0359. The number of hydrogen-bond acceptors (Lipinski definition) is 0. The van der Waals surface area contributed by atoms with Crippen LogP contribution in [0.15, 0.2) is 28.9 Å². The van der Waals surface area contributed by atoms with Gasteiger partial charge in [-0.15, -0.1) is 0 Å². The Hall–Kier alpha value is -0.900. The zero-order chi connectivity index (χ0) is 10.3. The molecule has 0 unspecified atom stereocenters. The van der Waals surface area contributed by atoms with Crippen molar-refractivity contribution >= 4 is 26.8 Å². The highest BCUT2D eigenvalue weighted by atomic mass is 79.9. The second-order valence-electron chi connectivity index (χ2n) is 3.28. The summed E-state index contributed by atoms with van der Waals surface area (Å²) in [6.45, 7) is 0.899. The van der Waals surface area contributed by atoms with E-state index >= 15 is 0 Å². The molecule has 0 bridgehead atoms. The van der Waals surface area contributed by atoms with E-state index in [2.05, 4.69) is 20.9 Å². The number of aromatic nitrogens is 1. The third-order valence-electron chi connectivity index (χ3n) is 2.12. The Labute approximate surface area is 88.3 Å². The Bertz CT molecular complexity index is 470. The van der Waals surface area contributed by atoms with Crippen LogP contribution >= 0.6 is 15.9 Å². The van der Waals surface area contributed by atoms with Crippen LogP contribution in [-0.4, -0.2) is 4.98 Å². The van der Waals surface area contributed by atoms with Gasteiger partial charge in [-0.1, -0.05) is 15.9 Å². The highest BCUT2D eigenvalue weighted by molar-refractivity contribution is 9.10. The van der Waals surface area contributed by atoms with Gasteiger partial charge < -0.3 is 4.98 Å². The van der Waals surface area contributed by atoms with Gasteiger partial charge in [-0.2, -0.15) is 0 Å². The number of hydrogen-bond donors (Lipinski definition) is 1. The minimum atomic E-state index is -2.81. The van der Waals surface area contributed by atoms with Crippen molar-refractivity contribution in [3.05, 3.63) is 34.4 Å². The molecule has 2 aromatic rings. The molecule has 0 aliphatic rings. The molecule has 1 nitrogen and oxygen atoms in total. The fourth-order valence-electron chi connectivity index (χ4n) is 1.46. The van der Waals surface area contributed by atoms with Gasteiger partial charge in [0.2, 0.25) is 0 Å². The largest absolute Gasteiger partial charge is 0.361 e. The van der Waals surface area contributed by atoms with E-state index in [1.807, 2.05) is 6.07 Å². The number of nitrogens with one attached hydrogen (secondary N) is 1. The molecule has 1 heterocycles. The molecule has 14 heavy (non-hydrogen) atoms. The van der Waals surface area contributed by atoms with Crippen LogP contribution in [0.3, 0.4) is 0 Å². The van der Waals surface area contributed by atoms with E-state index in [0.717, 1.165) is 16.9 Å². The number of benzene rings is 1. The van der Waals surface area contributed by atoms with E-state index < -0.39 is 5.92 Å². The first kappa shape index (κ1) is 9.65. The minimum Gasteiger partial charge on any atom is -0.361 e. The fourth-order valence-corrected chi connectivity index (χ4v) is 1.82. The van der Waals surface area contributed by atoms with Crippen LogP contribution in [0.4, 0.5) is 8.78 Å². The Morgan fingerprint density at radius 1 is 1.36 bits per heavy atom. The molecule has 0 amide bonds. The van der Waals surface area contributed by atoms with E-state index in [1.54, 1.807) is 12.1 Å². The Kier molecular flexibility index (Phi) is 2.10. The summed E-state index contributed by atoms with van der Waals surface area (Å²) in [5.74, 6) is -2.81. The lowest BCUT2D eigenvalue weighted by Gasteiger charge is -2.08. The molecule has 0 aliphatic carbocycles. The number of fused-ring (bicyclic) bond motifs is 1. The van der Waals surface area contributed by atoms with Crippen molar-refractivity contribution in [3.63, 3.8) is 0 Å². The first-order chi connectivity index (χ1) is 6.48. The molecule has 0 radical (unpaired) electrons. The average Bonchev–Trinajstić information content (AvgIpc) is 2.45. The summed E-state index contributed by atoms with van der Waals surface area (Å²) >= 11 is 3.26. The third-order valence-corrected chi connectivity index (χ3v) is 2.61. The standard InChI is InChI=1S/C10H8BrF2N/c1-10(12,13)8-5-14-9-3-2-6(11)4-7(8)9/h2-5,14H,1H3. The lowest BCUT2D eigenvalue weighted by atomic mass is 10.1. The van der Waals surface area contributed by atoms with Crippen molar-refractivity contribution in [1.82, 2.24) is 4.98 Å². The van der Waals surface area contributed by atoms with Gasteiger partial charge in [0, 0.05) is 34.1 Å². The molecule has 0 spiro atoms. The smallest absolute Gasteiger partial charge is 0.272 e. The van der Waals surface area contributed by atoms with Gasteiger partial charge in [0.25, 0.3) is 5.92 Å². The molecule has 74 valence electrons. The normalized spacial score (nSPS) is 12.3. The van der Waals surface area contributed by atoms with Gasteiger partial charge in [0.05, 0.1) is 0 Å². The number of H-pyrrole nitrogens is 1. The molecule has 1 N–H and O–H groups in total. The summed E-state index contributed by atoms with van der Waals surface area (Å²) in [6.07, 6.45) is 1.36. The second-order valence-corrected chi connectivity index (χ2v) is 4.20. The maximum Gasteiger partial charge on any atom is 0.272 e. The van der Waals surface area contributed by atoms with Crippen molar-refractivity contribution in [3.8, 4) is 0 Å². The zero-order valence-electron chi connectivity index (χ0n) is 7.44. The number of alkyl halides is 2. The van der Waals surface area contributed by atoms with Gasteiger partial charge in [-0.05, 0) is 18.2 Å². The Morgan fingerprint density at radius 2 is 2.07 bits per heavy atom. The lowest BCUT2D eigenvalue weighted by molar-refractivity contribution is 0.0191. The third kappa shape index (κ3) is 1.54. The molecule has 0 aliphatic heterocycles. The van der Waals surface area contributed by atoms with E-state index in [4.69, 9.17) is 0 Å². The topological polar surface area (TPSA) is 15.8 Å². The quantitative estimate of drug-likeness (QED) is 0.796. The summed E-state index contributed by atoms with van der Waals surface area (Å²) in [5, 5.41) is 0.562. The molecular weight excluding hydrogens is 252 g/mol. The molecule has 1 aromatic carbocycles. The maximum absolute atomic E-state index is 13.1. The number of halogens is 3. The van der Waals surface area contributed by atoms with E-state index in [1.165, 1.54) is 6.20 Å². The molecular formula is C10H8BrF2N. The summed E-state index contributed by atoms with van der Waals surface area (Å²) in [4.78, 5) is 2.82. The molecule has 4 heteroatoms. The molecule has 0 saturated carbocycles. The van der Waals surface area contributed by atoms with Crippen molar-refractivity contribution in [1.29, 1.82) is 0 Å². The molecule has 1 aromatic heterocycles. The summed E-state index contributed by atoms with van der Waals surface area (Å²) in [7, 11) is 0. The summed E-state index contributed by atoms with van der Waals surface area (Å²) in [5.41, 5.74) is 0.763. The zero-order valence-corrected chi connectivity index (χ0v) is 9.03. The van der Waals surface area contributed by atoms with Crippen LogP contribution in [0.2, 0.25) is 0 Å². The van der Waals surface area contributed by atoms with Gasteiger partial charge in [0.15, 0.2) is 0 Å². The van der Waals surface area contributed by atoms with Crippen molar-refractivity contribution in [2.45, 2.75) is 12.8 Å². The Balaban J connectivity index is 2.73. The average molecular weight is 260 g/mol. The summed E-state index contributed by atoms with van der Waals surface area (Å²) < 4.78 is 27.0. The first-order valence-corrected chi connectivity index (χ1v) is 4.93. The van der Waals surface area contributed by atoms with Crippen LogP contribution in [-0.2, 0) is 5.92 Å². The SMILES string of the molecule is CC(F)(F)c1c[nH]c2ccc(Br)cc12. The van der Waals surface area contributed by atoms with E-state index in [9.17, 15) is 8.78 Å². The van der Waals surface area contributed by atoms with E-state index in [-0.39, 0.29) is 5.56 Å².